The molecule has 0 radical (unpaired) electrons. The highest BCUT2D eigenvalue weighted by Crippen LogP contribution is 2.40. The summed E-state index contributed by atoms with van der Waals surface area (Å²) in [5.41, 5.74) is 3.25. The van der Waals surface area contributed by atoms with Crippen LogP contribution in [0.15, 0.2) is 104 Å². The molecular formula is C25H23N3O2. The Balaban J connectivity index is 1.95. The Hall–Kier alpha value is -3.70. The monoisotopic (exact) mass is 397 g/mol. The molecule has 0 saturated carbocycles. The maximum atomic E-state index is 12.0. The van der Waals surface area contributed by atoms with E-state index in [1.165, 1.54) is 0 Å². The molecule has 0 spiro atoms. The van der Waals surface area contributed by atoms with Gasteiger partial charge >= 0.3 is 0 Å². The van der Waals surface area contributed by atoms with Crippen LogP contribution in [0.4, 0.5) is 0 Å². The van der Waals surface area contributed by atoms with E-state index in [0.29, 0.717) is 5.69 Å². The maximum absolute atomic E-state index is 12.0. The van der Waals surface area contributed by atoms with Gasteiger partial charge in [0.2, 0.25) is 5.91 Å². The van der Waals surface area contributed by atoms with Crippen LogP contribution in [0.2, 0.25) is 0 Å². The Morgan fingerprint density at radius 3 is 1.73 bits per heavy atom. The van der Waals surface area contributed by atoms with Crippen LogP contribution >= 0.6 is 0 Å². The topological polar surface area (TPSA) is 67.2 Å². The van der Waals surface area contributed by atoms with Gasteiger partial charge in [0, 0.05) is 6.20 Å². The van der Waals surface area contributed by atoms with E-state index in [-0.39, 0.29) is 19.1 Å². The van der Waals surface area contributed by atoms with Crippen LogP contribution in [-0.2, 0) is 16.8 Å². The number of aliphatic hydroxyl groups is 1. The lowest BCUT2D eigenvalue weighted by Crippen LogP contribution is -2.37. The zero-order valence-electron chi connectivity index (χ0n) is 16.5. The summed E-state index contributed by atoms with van der Waals surface area (Å²) in [6.45, 7) is -0.387. The molecule has 0 atom stereocenters. The molecule has 150 valence electrons. The minimum absolute atomic E-state index is 0.0992. The van der Waals surface area contributed by atoms with Crippen LogP contribution < -0.4 is 5.32 Å². The molecule has 2 N–H and O–H groups in total. The number of aliphatic hydroxyl groups excluding tert-OH is 1. The number of carbonyl (C=O) groups is 1. The quantitative estimate of drug-likeness (QED) is 0.371. The van der Waals surface area contributed by atoms with Crippen LogP contribution in [0.1, 0.15) is 22.4 Å². The molecule has 4 aromatic rings. The molecule has 0 saturated heterocycles. The van der Waals surface area contributed by atoms with Crippen LogP contribution in [0.5, 0.6) is 0 Å². The fraction of sp³-hybridized carbons (Fsp3) is 0.120. The van der Waals surface area contributed by atoms with E-state index in [0.717, 1.165) is 16.7 Å². The van der Waals surface area contributed by atoms with Crippen LogP contribution in [0.3, 0.4) is 0 Å². The first-order chi connectivity index (χ1) is 14.7. The summed E-state index contributed by atoms with van der Waals surface area (Å²) < 4.78 is 2.06. The zero-order chi connectivity index (χ0) is 20.8. The number of rotatable bonds is 7. The van der Waals surface area contributed by atoms with Gasteiger partial charge < -0.3 is 15.0 Å². The number of aromatic nitrogens is 2. The van der Waals surface area contributed by atoms with Gasteiger partial charge in [0.25, 0.3) is 0 Å². The Morgan fingerprint density at radius 2 is 1.30 bits per heavy atom. The summed E-state index contributed by atoms with van der Waals surface area (Å²) >= 11 is 0. The van der Waals surface area contributed by atoms with Crippen molar-refractivity contribution >= 4 is 5.91 Å². The van der Waals surface area contributed by atoms with Gasteiger partial charge in [0.05, 0.1) is 18.4 Å². The fourth-order valence-electron chi connectivity index (χ4n) is 3.94. The van der Waals surface area contributed by atoms with Crippen molar-refractivity contribution in [2.75, 3.05) is 6.73 Å². The summed E-state index contributed by atoms with van der Waals surface area (Å²) in [7, 11) is 0. The molecule has 1 amide bonds. The van der Waals surface area contributed by atoms with Gasteiger partial charge in [-0.15, -0.1) is 0 Å². The van der Waals surface area contributed by atoms with E-state index in [2.05, 4.69) is 51.3 Å². The second kappa shape index (κ2) is 8.76. The highest BCUT2D eigenvalue weighted by Gasteiger charge is 2.38. The molecule has 5 nitrogen and oxygen atoms in total. The fourth-order valence-corrected chi connectivity index (χ4v) is 3.94. The van der Waals surface area contributed by atoms with Crippen molar-refractivity contribution in [3.8, 4) is 0 Å². The van der Waals surface area contributed by atoms with Gasteiger partial charge in [-0.25, -0.2) is 4.98 Å². The molecule has 0 aliphatic carbocycles. The van der Waals surface area contributed by atoms with Gasteiger partial charge in [-0.3, -0.25) is 4.79 Å². The van der Waals surface area contributed by atoms with Crippen molar-refractivity contribution in [2.24, 2.45) is 0 Å². The zero-order valence-corrected chi connectivity index (χ0v) is 16.5. The predicted molar refractivity (Wildman–Crippen MR) is 116 cm³/mol. The van der Waals surface area contributed by atoms with Crippen molar-refractivity contribution in [3.63, 3.8) is 0 Å². The number of nitrogens with one attached hydrogen (secondary N) is 1. The first-order valence-electron chi connectivity index (χ1n) is 9.82. The van der Waals surface area contributed by atoms with Gasteiger partial charge in [-0.2, -0.15) is 0 Å². The summed E-state index contributed by atoms with van der Waals surface area (Å²) in [6.07, 6.45) is 3.78. The lowest BCUT2D eigenvalue weighted by molar-refractivity contribution is -0.121. The number of amides is 1. The Labute approximate surface area is 175 Å². The number of hydrogen-bond acceptors (Lipinski definition) is 3. The predicted octanol–water partition coefficient (Wildman–Crippen LogP) is 3.33. The summed E-state index contributed by atoms with van der Waals surface area (Å²) in [6, 6.07) is 30.8. The van der Waals surface area contributed by atoms with Gasteiger partial charge in [0.15, 0.2) is 0 Å². The molecule has 4 rings (SSSR count). The standard InChI is InChI=1S/C25H23N3O2/c29-19-27-24(30)16-23-17-28(18-26-23)25(20-10-4-1-5-11-20,21-12-6-2-7-13-21)22-14-8-3-9-15-22/h1-15,17-18,29H,16,19H2,(H,27,30). The molecule has 0 bridgehead atoms. The number of benzene rings is 3. The highest BCUT2D eigenvalue weighted by atomic mass is 16.3. The molecule has 0 aliphatic heterocycles. The molecule has 1 aromatic heterocycles. The highest BCUT2D eigenvalue weighted by molar-refractivity contribution is 5.77. The normalized spacial score (nSPS) is 11.2. The third kappa shape index (κ3) is 3.63. The molecule has 30 heavy (non-hydrogen) atoms. The molecule has 5 heteroatoms. The van der Waals surface area contributed by atoms with Crippen LogP contribution in [0, 0.1) is 0 Å². The minimum atomic E-state index is -0.650. The molecule has 0 fully saturated rings. The second-order valence-electron chi connectivity index (χ2n) is 7.02. The van der Waals surface area contributed by atoms with Crippen molar-refractivity contribution in [3.05, 3.63) is 126 Å². The van der Waals surface area contributed by atoms with Crippen LogP contribution in [0.25, 0.3) is 0 Å². The van der Waals surface area contributed by atoms with Gasteiger partial charge in [0.1, 0.15) is 12.3 Å². The third-order valence-electron chi connectivity index (χ3n) is 5.22. The van der Waals surface area contributed by atoms with E-state index in [9.17, 15) is 4.79 Å². The van der Waals surface area contributed by atoms with Crippen molar-refractivity contribution in [2.45, 2.75) is 12.0 Å². The smallest absolute Gasteiger partial charge is 0.227 e. The number of nitrogens with zero attached hydrogens (tertiary/aromatic N) is 2. The first-order valence-corrected chi connectivity index (χ1v) is 9.82. The van der Waals surface area contributed by atoms with E-state index in [4.69, 9.17) is 5.11 Å². The molecule has 0 aliphatic rings. The SMILES string of the molecule is O=C(Cc1cn(C(c2ccccc2)(c2ccccc2)c2ccccc2)cn1)NCO. The lowest BCUT2D eigenvalue weighted by atomic mass is 9.77. The largest absolute Gasteiger partial charge is 0.377 e. The second-order valence-corrected chi connectivity index (χ2v) is 7.02. The van der Waals surface area contributed by atoms with E-state index < -0.39 is 5.54 Å². The number of hydrogen-bond donors (Lipinski definition) is 2. The van der Waals surface area contributed by atoms with Gasteiger partial charge in [-0.05, 0) is 16.7 Å². The van der Waals surface area contributed by atoms with Crippen LogP contribution in [-0.4, -0.2) is 27.3 Å². The average molecular weight is 397 g/mol. The maximum Gasteiger partial charge on any atom is 0.227 e. The molecule has 3 aromatic carbocycles. The summed E-state index contributed by atoms with van der Waals surface area (Å²) in [5.74, 6) is -0.271. The lowest BCUT2D eigenvalue weighted by Gasteiger charge is -2.37. The molecule has 0 unspecified atom stereocenters. The van der Waals surface area contributed by atoms with Crippen molar-refractivity contribution in [1.82, 2.24) is 14.9 Å². The summed E-state index contributed by atoms with van der Waals surface area (Å²) in [4.78, 5) is 16.5. The van der Waals surface area contributed by atoms with E-state index >= 15 is 0 Å². The summed E-state index contributed by atoms with van der Waals surface area (Å²) in [5, 5.41) is 11.3. The molecule has 1 heterocycles. The van der Waals surface area contributed by atoms with E-state index in [1.807, 2.05) is 60.8 Å². The third-order valence-corrected chi connectivity index (χ3v) is 5.22. The number of carbonyl (C=O) groups excluding carboxylic acids is 1. The first kappa shape index (κ1) is 19.6. The number of imidazole rings is 1. The Kier molecular flexibility index (Phi) is 5.72. The Bertz CT molecular complexity index is 996. The molecular weight excluding hydrogens is 374 g/mol. The van der Waals surface area contributed by atoms with Crippen molar-refractivity contribution < 1.29 is 9.90 Å². The van der Waals surface area contributed by atoms with Gasteiger partial charge in [-0.1, -0.05) is 91.0 Å². The van der Waals surface area contributed by atoms with Crippen molar-refractivity contribution in [1.29, 1.82) is 0 Å². The Morgan fingerprint density at radius 1 is 0.833 bits per heavy atom. The average Bonchev–Trinajstić information content (AvgIpc) is 3.25. The van der Waals surface area contributed by atoms with E-state index in [1.54, 1.807) is 6.33 Å². The minimum Gasteiger partial charge on any atom is -0.377 e.